The highest BCUT2D eigenvalue weighted by molar-refractivity contribution is 5.88. The van der Waals surface area contributed by atoms with Crippen LogP contribution in [0.15, 0.2) is 42.5 Å². The second-order valence-corrected chi connectivity index (χ2v) is 8.95. The van der Waals surface area contributed by atoms with Gasteiger partial charge in [0.15, 0.2) is 6.61 Å². The molecule has 0 aliphatic heterocycles. The number of ether oxygens (including phenoxy) is 1. The van der Waals surface area contributed by atoms with E-state index in [4.69, 9.17) is 4.74 Å². The monoisotopic (exact) mass is 436 g/mol. The van der Waals surface area contributed by atoms with E-state index in [-0.39, 0.29) is 24.5 Å². The molecule has 1 atom stereocenters. The number of nitrogens with zero attached hydrogens (tertiary/aromatic N) is 1. The molecule has 5 heteroatoms. The smallest absolute Gasteiger partial charge is 0.261 e. The minimum Gasteiger partial charge on any atom is -0.483 e. The summed E-state index contributed by atoms with van der Waals surface area (Å²) in [7, 11) is 0. The average molecular weight is 437 g/mol. The van der Waals surface area contributed by atoms with Crippen molar-refractivity contribution in [2.75, 3.05) is 6.61 Å². The standard InChI is InChI=1S/C27H36N2O3/c1-19-12-10-16-25(21(19)3)32-18-26(30)29(17-23-13-9-8-11-20(23)2)22(4)27(31)28-24-14-6-5-7-15-24/h8-13,16,22,24H,5-7,14-15,17-18H2,1-4H3,(H,28,31)/t22-/m0/s1. The number of amides is 2. The molecule has 0 saturated heterocycles. The van der Waals surface area contributed by atoms with Gasteiger partial charge in [-0.2, -0.15) is 0 Å². The van der Waals surface area contributed by atoms with Crippen molar-refractivity contribution in [2.45, 2.75) is 78.4 Å². The van der Waals surface area contributed by atoms with E-state index < -0.39 is 6.04 Å². The molecule has 2 amide bonds. The van der Waals surface area contributed by atoms with Crippen LogP contribution < -0.4 is 10.1 Å². The highest BCUT2D eigenvalue weighted by atomic mass is 16.5. The van der Waals surface area contributed by atoms with Crippen molar-refractivity contribution in [1.82, 2.24) is 10.2 Å². The van der Waals surface area contributed by atoms with Gasteiger partial charge in [-0.1, -0.05) is 55.7 Å². The van der Waals surface area contributed by atoms with Crippen LogP contribution >= 0.6 is 0 Å². The van der Waals surface area contributed by atoms with Crippen LogP contribution in [0.2, 0.25) is 0 Å². The predicted molar refractivity (Wildman–Crippen MR) is 128 cm³/mol. The molecule has 32 heavy (non-hydrogen) atoms. The third-order valence-electron chi connectivity index (χ3n) is 6.63. The number of carbonyl (C=O) groups excluding carboxylic acids is 2. The summed E-state index contributed by atoms with van der Waals surface area (Å²) in [6.45, 7) is 8.12. The van der Waals surface area contributed by atoms with E-state index in [1.807, 2.05) is 70.2 Å². The van der Waals surface area contributed by atoms with Gasteiger partial charge in [0.25, 0.3) is 5.91 Å². The van der Waals surface area contributed by atoms with Crippen LogP contribution in [0.3, 0.4) is 0 Å². The average Bonchev–Trinajstić information content (AvgIpc) is 2.79. The van der Waals surface area contributed by atoms with Crippen molar-refractivity contribution in [2.24, 2.45) is 0 Å². The fourth-order valence-corrected chi connectivity index (χ4v) is 4.23. The van der Waals surface area contributed by atoms with Gasteiger partial charge in [-0.05, 0) is 68.9 Å². The number of aryl methyl sites for hydroxylation is 2. The second kappa shape index (κ2) is 11.2. The van der Waals surface area contributed by atoms with E-state index >= 15 is 0 Å². The number of rotatable bonds is 8. The molecule has 5 nitrogen and oxygen atoms in total. The third-order valence-corrected chi connectivity index (χ3v) is 6.63. The van der Waals surface area contributed by atoms with E-state index in [0.717, 1.165) is 47.9 Å². The summed E-state index contributed by atoms with van der Waals surface area (Å²) in [4.78, 5) is 28.0. The minimum absolute atomic E-state index is 0.0921. The molecule has 1 aliphatic rings. The Labute approximate surface area is 192 Å². The van der Waals surface area contributed by atoms with Gasteiger partial charge in [0.2, 0.25) is 5.91 Å². The molecular weight excluding hydrogens is 400 g/mol. The van der Waals surface area contributed by atoms with Crippen LogP contribution in [-0.4, -0.2) is 35.4 Å². The summed E-state index contributed by atoms with van der Waals surface area (Å²) in [5.74, 6) is 0.416. The summed E-state index contributed by atoms with van der Waals surface area (Å²) in [6, 6.07) is 13.4. The van der Waals surface area contributed by atoms with Gasteiger partial charge in [-0.25, -0.2) is 0 Å². The van der Waals surface area contributed by atoms with Gasteiger partial charge in [0, 0.05) is 12.6 Å². The maximum absolute atomic E-state index is 13.3. The molecule has 0 bridgehead atoms. The lowest BCUT2D eigenvalue weighted by molar-refractivity contribution is -0.142. The molecule has 1 saturated carbocycles. The summed E-state index contributed by atoms with van der Waals surface area (Å²) in [6.07, 6.45) is 5.55. The Kier molecular flexibility index (Phi) is 8.32. The molecule has 0 aromatic heterocycles. The van der Waals surface area contributed by atoms with Gasteiger partial charge in [0.1, 0.15) is 11.8 Å². The molecule has 2 aromatic rings. The second-order valence-electron chi connectivity index (χ2n) is 8.95. The zero-order chi connectivity index (χ0) is 23.1. The Hall–Kier alpha value is -2.82. The van der Waals surface area contributed by atoms with Crippen LogP contribution in [0.25, 0.3) is 0 Å². The third kappa shape index (κ3) is 6.12. The van der Waals surface area contributed by atoms with Gasteiger partial charge < -0.3 is 15.0 Å². The van der Waals surface area contributed by atoms with E-state index in [2.05, 4.69) is 5.32 Å². The number of hydrogen-bond donors (Lipinski definition) is 1. The number of benzene rings is 2. The lowest BCUT2D eigenvalue weighted by Gasteiger charge is -2.31. The predicted octanol–water partition coefficient (Wildman–Crippen LogP) is 4.86. The minimum atomic E-state index is -0.578. The van der Waals surface area contributed by atoms with Crippen molar-refractivity contribution in [3.63, 3.8) is 0 Å². The van der Waals surface area contributed by atoms with Crippen LogP contribution in [-0.2, 0) is 16.1 Å². The van der Waals surface area contributed by atoms with E-state index in [9.17, 15) is 9.59 Å². The van der Waals surface area contributed by atoms with Crippen molar-refractivity contribution in [1.29, 1.82) is 0 Å². The zero-order valence-corrected chi connectivity index (χ0v) is 19.8. The first-order valence-corrected chi connectivity index (χ1v) is 11.7. The van der Waals surface area contributed by atoms with Crippen LogP contribution in [0.4, 0.5) is 0 Å². The summed E-state index contributed by atoms with van der Waals surface area (Å²) in [5.41, 5.74) is 4.27. The van der Waals surface area contributed by atoms with Crippen molar-refractivity contribution >= 4 is 11.8 Å². The van der Waals surface area contributed by atoms with Gasteiger partial charge in [0.05, 0.1) is 0 Å². The lowest BCUT2D eigenvalue weighted by Crippen LogP contribution is -2.51. The lowest BCUT2D eigenvalue weighted by atomic mass is 9.95. The highest BCUT2D eigenvalue weighted by Crippen LogP contribution is 2.22. The molecule has 172 valence electrons. The van der Waals surface area contributed by atoms with E-state index in [1.165, 1.54) is 6.42 Å². The highest BCUT2D eigenvalue weighted by Gasteiger charge is 2.28. The molecule has 2 aromatic carbocycles. The Morgan fingerprint density at radius 3 is 2.41 bits per heavy atom. The molecule has 1 fully saturated rings. The van der Waals surface area contributed by atoms with E-state index in [1.54, 1.807) is 4.90 Å². The first-order chi connectivity index (χ1) is 15.4. The van der Waals surface area contributed by atoms with Gasteiger partial charge in [-0.3, -0.25) is 9.59 Å². The normalized spacial score (nSPS) is 15.1. The summed E-state index contributed by atoms with van der Waals surface area (Å²) < 4.78 is 5.89. The number of hydrogen-bond acceptors (Lipinski definition) is 3. The Balaban J connectivity index is 1.74. The maximum atomic E-state index is 13.3. The Bertz CT molecular complexity index is 934. The molecule has 0 heterocycles. The van der Waals surface area contributed by atoms with Crippen LogP contribution in [0, 0.1) is 20.8 Å². The van der Waals surface area contributed by atoms with E-state index in [0.29, 0.717) is 12.3 Å². The molecule has 1 N–H and O–H groups in total. The zero-order valence-electron chi connectivity index (χ0n) is 19.8. The molecule has 0 spiro atoms. The SMILES string of the molecule is Cc1ccccc1CN(C(=O)COc1cccc(C)c1C)[C@@H](C)C(=O)NC1CCCCC1. The maximum Gasteiger partial charge on any atom is 0.261 e. The van der Waals surface area contributed by atoms with Crippen molar-refractivity contribution in [3.05, 3.63) is 64.7 Å². The fraction of sp³-hybridized carbons (Fsp3) is 0.481. The van der Waals surface area contributed by atoms with Gasteiger partial charge in [-0.15, -0.1) is 0 Å². The van der Waals surface area contributed by atoms with Crippen LogP contribution in [0.5, 0.6) is 5.75 Å². The topological polar surface area (TPSA) is 58.6 Å². The molecular formula is C27H36N2O3. The van der Waals surface area contributed by atoms with Crippen molar-refractivity contribution in [3.8, 4) is 5.75 Å². The summed E-state index contributed by atoms with van der Waals surface area (Å²) in [5, 5.41) is 3.17. The first-order valence-electron chi connectivity index (χ1n) is 11.7. The number of carbonyl (C=O) groups is 2. The number of nitrogens with one attached hydrogen (secondary N) is 1. The molecule has 3 rings (SSSR count). The Morgan fingerprint density at radius 1 is 1.00 bits per heavy atom. The Morgan fingerprint density at radius 2 is 1.69 bits per heavy atom. The molecule has 1 aliphatic carbocycles. The first kappa shape index (κ1) is 23.8. The largest absolute Gasteiger partial charge is 0.483 e. The quantitative estimate of drug-likeness (QED) is 0.643. The summed E-state index contributed by atoms with van der Waals surface area (Å²) >= 11 is 0. The fourth-order valence-electron chi connectivity index (χ4n) is 4.23. The molecule has 0 radical (unpaired) electrons. The van der Waals surface area contributed by atoms with Crippen LogP contribution in [0.1, 0.15) is 61.3 Å². The van der Waals surface area contributed by atoms with Gasteiger partial charge >= 0.3 is 0 Å². The molecule has 0 unspecified atom stereocenters. The van der Waals surface area contributed by atoms with Crippen molar-refractivity contribution < 1.29 is 14.3 Å².